The van der Waals surface area contributed by atoms with Crippen molar-refractivity contribution in [2.24, 2.45) is 0 Å². The van der Waals surface area contributed by atoms with Crippen molar-refractivity contribution < 1.29 is 9.53 Å². The van der Waals surface area contributed by atoms with Crippen LogP contribution >= 0.6 is 11.6 Å². The van der Waals surface area contributed by atoms with Gasteiger partial charge in [0.2, 0.25) is 0 Å². The molecule has 0 aliphatic carbocycles. The molecule has 7 heteroatoms. The molecule has 0 unspecified atom stereocenters. The second-order valence-electron chi connectivity index (χ2n) is 6.58. The van der Waals surface area contributed by atoms with E-state index in [4.69, 9.17) is 21.3 Å². The van der Waals surface area contributed by atoms with Crippen LogP contribution in [0, 0.1) is 0 Å². The van der Waals surface area contributed by atoms with E-state index in [1.54, 1.807) is 6.20 Å². The summed E-state index contributed by atoms with van der Waals surface area (Å²) in [5, 5.41) is 1.58. The molecule has 25 heavy (non-hydrogen) atoms. The van der Waals surface area contributed by atoms with E-state index in [9.17, 15) is 4.79 Å². The van der Waals surface area contributed by atoms with Crippen LogP contribution in [0.2, 0.25) is 5.02 Å². The molecule has 2 fully saturated rings. The first kappa shape index (κ1) is 16.5. The zero-order chi connectivity index (χ0) is 17.2. The molecule has 4 heterocycles. The Hall–Kier alpha value is -1.92. The second-order valence-corrected chi connectivity index (χ2v) is 7.02. The van der Waals surface area contributed by atoms with Gasteiger partial charge in [-0.1, -0.05) is 11.6 Å². The van der Waals surface area contributed by atoms with E-state index in [2.05, 4.69) is 11.1 Å². The summed E-state index contributed by atoms with van der Waals surface area (Å²) in [6, 6.07) is 6.11. The summed E-state index contributed by atoms with van der Waals surface area (Å²) in [6.45, 7) is 4.21. The second kappa shape index (κ2) is 7.14. The molecule has 0 bridgehead atoms. The SMILES string of the molecule is O=C(N1CCOCC1)N1CCC(c2ccc3cc(Cl)cnc3n2)CC1. The number of pyridine rings is 2. The van der Waals surface area contributed by atoms with Crippen molar-refractivity contribution in [1.29, 1.82) is 0 Å². The Balaban J connectivity index is 1.41. The number of nitrogens with zero attached hydrogens (tertiary/aromatic N) is 4. The zero-order valence-electron chi connectivity index (χ0n) is 14.0. The van der Waals surface area contributed by atoms with Crippen LogP contribution in [0.3, 0.4) is 0 Å². The highest BCUT2D eigenvalue weighted by atomic mass is 35.5. The quantitative estimate of drug-likeness (QED) is 0.784. The first-order chi connectivity index (χ1) is 12.2. The number of halogens is 1. The minimum absolute atomic E-state index is 0.143. The fraction of sp³-hybridized carbons (Fsp3) is 0.500. The van der Waals surface area contributed by atoms with Gasteiger partial charge in [-0.25, -0.2) is 14.8 Å². The molecule has 2 saturated heterocycles. The molecule has 0 radical (unpaired) electrons. The average molecular weight is 361 g/mol. The molecule has 0 spiro atoms. The van der Waals surface area contributed by atoms with Crippen molar-refractivity contribution in [1.82, 2.24) is 19.8 Å². The van der Waals surface area contributed by atoms with Crippen LogP contribution in [0.5, 0.6) is 0 Å². The summed E-state index contributed by atoms with van der Waals surface area (Å²) >= 11 is 5.98. The van der Waals surface area contributed by atoms with Crippen LogP contribution in [0.15, 0.2) is 24.4 Å². The van der Waals surface area contributed by atoms with Crippen LogP contribution in [-0.4, -0.2) is 65.2 Å². The molecular formula is C18H21ClN4O2. The van der Waals surface area contributed by atoms with Crippen molar-refractivity contribution in [3.63, 3.8) is 0 Å². The Morgan fingerprint density at radius 3 is 2.60 bits per heavy atom. The Morgan fingerprint density at radius 1 is 1.12 bits per heavy atom. The molecule has 0 saturated carbocycles. The van der Waals surface area contributed by atoms with Gasteiger partial charge in [-0.2, -0.15) is 0 Å². The molecule has 2 aromatic heterocycles. The summed E-state index contributed by atoms with van der Waals surface area (Å²) in [4.78, 5) is 25.4. The van der Waals surface area contributed by atoms with Gasteiger partial charge in [0, 0.05) is 49.4 Å². The van der Waals surface area contributed by atoms with E-state index in [1.807, 2.05) is 21.9 Å². The molecule has 0 N–H and O–H groups in total. The van der Waals surface area contributed by atoms with Crippen LogP contribution < -0.4 is 0 Å². The fourth-order valence-corrected chi connectivity index (χ4v) is 3.71. The number of aromatic nitrogens is 2. The predicted octanol–water partition coefficient (Wildman–Crippen LogP) is 2.91. The number of likely N-dealkylation sites (tertiary alicyclic amines) is 1. The number of morpholine rings is 1. The minimum atomic E-state index is 0.143. The number of hydrogen-bond donors (Lipinski definition) is 0. The normalized spacial score (nSPS) is 19.4. The Kier molecular flexibility index (Phi) is 4.72. The Bertz CT molecular complexity index is 771. The molecule has 0 aromatic carbocycles. The third-order valence-electron chi connectivity index (χ3n) is 5.00. The van der Waals surface area contributed by atoms with Gasteiger partial charge in [0.05, 0.1) is 18.2 Å². The van der Waals surface area contributed by atoms with E-state index < -0.39 is 0 Å². The maximum absolute atomic E-state index is 12.6. The lowest BCUT2D eigenvalue weighted by molar-refractivity contribution is 0.0411. The van der Waals surface area contributed by atoms with Gasteiger partial charge in [0.25, 0.3) is 0 Å². The van der Waals surface area contributed by atoms with Gasteiger partial charge in [0.15, 0.2) is 5.65 Å². The number of ether oxygens (including phenoxy) is 1. The van der Waals surface area contributed by atoms with E-state index in [1.165, 1.54) is 0 Å². The van der Waals surface area contributed by atoms with Gasteiger partial charge < -0.3 is 14.5 Å². The molecule has 132 valence electrons. The smallest absolute Gasteiger partial charge is 0.320 e. The Labute approximate surface area is 151 Å². The Morgan fingerprint density at radius 2 is 1.84 bits per heavy atom. The number of hydrogen-bond acceptors (Lipinski definition) is 4. The standard InChI is InChI=1S/C18H21ClN4O2/c19-15-11-14-1-2-16(21-17(14)20-12-15)13-3-5-22(6-4-13)18(24)23-7-9-25-10-8-23/h1-2,11-13H,3-10H2. The third-order valence-corrected chi connectivity index (χ3v) is 5.20. The van der Waals surface area contributed by atoms with Crippen molar-refractivity contribution in [3.05, 3.63) is 35.1 Å². The van der Waals surface area contributed by atoms with Crippen molar-refractivity contribution in [2.45, 2.75) is 18.8 Å². The number of fused-ring (bicyclic) bond motifs is 1. The van der Waals surface area contributed by atoms with Gasteiger partial charge in [-0.3, -0.25) is 0 Å². The van der Waals surface area contributed by atoms with Crippen molar-refractivity contribution in [3.8, 4) is 0 Å². The highest BCUT2D eigenvalue weighted by Crippen LogP contribution is 2.28. The van der Waals surface area contributed by atoms with E-state index in [0.717, 1.165) is 42.7 Å². The van der Waals surface area contributed by atoms with Crippen LogP contribution in [0.1, 0.15) is 24.5 Å². The van der Waals surface area contributed by atoms with Gasteiger partial charge in [0.1, 0.15) is 0 Å². The summed E-state index contributed by atoms with van der Waals surface area (Å²) in [6.07, 6.45) is 3.49. The molecular weight excluding hydrogens is 340 g/mol. The molecule has 0 atom stereocenters. The average Bonchev–Trinajstić information content (AvgIpc) is 2.68. The molecule has 2 aliphatic heterocycles. The largest absolute Gasteiger partial charge is 0.378 e. The summed E-state index contributed by atoms with van der Waals surface area (Å²) in [5.41, 5.74) is 1.79. The van der Waals surface area contributed by atoms with Crippen LogP contribution in [0.25, 0.3) is 11.0 Å². The van der Waals surface area contributed by atoms with Crippen molar-refractivity contribution >= 4 is 28.7 Å². The highest BCUT2D eigenvalue weighted by molar-refractivity contribution is 6.31. The summed E-state index contributed by atoms with van der Waals surface area (Å²) < 4.78 is 5.32. The van der Waals surface area contributed by atoms with Gasteiger partial charge in [-0.15, -0.1) is 0 Å². The molecule has 4 rings (SSSR count). The molecule has 6 nitrogen and oxygen atoms in total. The van der Waals surface area contributed by atoms with Crippen molar-refractivity contribution in [2.75, 3.05) is 39.4 Å². The monoisotopic (exact) mass is 360 g/mol. The highest BCUT2D eigenvalue weighted by Gasteiger charge is 2.28. The molecule has 2 aromatic rings. The molecule has 2 aliphatic rings. The summed E-state index contributed by atoms with van der Waals surface area (Å²) in [7, 11) is 0. The number of carbonyl (C=O) groups excluding carboxylic acids is 1. The van der Waals surface area contributed by atoms with E-state index >= 15 is 0 Å². The van der Waals surface area contributed by atoms with Gasteiger partial charge >= 0.3 is 6.03 Å². The van der Waals surface area contributed by atoms with E-state index in [-0.39, 0.29) is 6.03 Å². The minimum Gasteiger partial charge on any atom is -0.378 e. The zero-order valence-corrected chi connectivity index (χ0v) is 14.8. The van der Waals surface area contributed by atoms with Crippen LogP contribution in [-0.2, 0) is 4.74 Å². The lowest BCUT2D eigenvalue weighted by atomic mass is 9.93. The van der Waals surface area contributed by atoms with E-state index in [0.29, 0.717) is 37.2 Å². The van der Waals surface area contributed by atoms with Crippen LogP contribution in [0.4, 0.5) is 4.79 Å². The van der Waals surface area contributed by atoms with Gasteiger partial charge in [-0.05, 0) is 31.0 Å². The third kappa shape index (κ3) is 3.55. The number of rotatable bonds is 1. The molecule has 2 amide bonds. The fourth-order valence-electron chi connectivity index (χ4n) is 3.55. The predicted molar refractivity (Wildman–Crippen MR) is 95.9 cm³/mol. The maximum atomic E-state index is 12.6. The lowest BCUT2D eigenvalue weighted by Crippen LogP contribution is -2.50. The first-order valence-corrected chi connectivity index (χ1v) is 9.12. The number of amides is 2. The maximum Gasteiger partial charge on any atom is 0.320 e. The first-order valence-electron chi connectivity index (χ1n) is 8.74. The lowest BCUT2D eigenvalue weighted by Gasteiger charge is -2.37. The topological polar surface area (TPSA) is 58.6 Å². The summed E-state index contributed by atoms with van der Waals surface area (Å²) in [5.74, 6) is 0.371. The number of urea groups is 1. The number of carbonyl (C=O) groups is 1. The number of piperidine rings is 1.